The number of rotatable bonds is 11. The zero-order valence-electron chi connectivity index (χ0n) is 32.5. The highest BCUT2D eigenvalue weighted by atomic mass is 15.3. The monoisotopic (exact) mass is 696 g/mol. The van der Waals surface area contributed by atoms with Crippen LogP contribution in [0.2, 0.25) is 0 Å². The van der Waals surface area contributed by atoms with Crippen LogP contribution in [0.1, 0.15) is 89.1 Å². The van der Waals surface area contributed by atoms with Gasteiger partial charge < -0.3 is 20.9 Å². The second-order valence-corrected chi connectivity index (χ2v) is 15.1. The van der Waals surface area contributed by atoms with Gasteiger partial charge in [0.25, 0.3) is 0 Å². The van der Waals surface area contributed by atoms with E-state index in [1.807, 2.05) is 6.92 Å². The molecule has 52 heavy (non-hydrogen) atoms. The molecule has 0 spiro atoms. The smallest absolute Gasteiger partial charge is 0.164 e. The normalized spacial score (nSPS) is 17.3. The van der Waals surface area contributed by atoms with E-state index in [0.29, 0.717) is 5.92 Å². The Morgan fingerprint density at radius 1 is 0.962 bits per heavy atom. The first kappa shape index (κ1) is 38.5. The van der Waals surface area contributed by atoms with E-state index in [1.54, 1.807) is 0 Å². The molecule has 2 aromatic carbocycles. The predicted molar refractivity (Wildman–Crippen MR) is 222 cm³/mol. The highest BCUT2D eigenvalue weighted by Gasteiger charge is 2.23. The molecule has 0 bridgehead atoms. The largest absolute Gasteiger partial charge is 0.402 e. The molecular formula is C46H60N6. The number of benzene rings is 2. The molecule has 1 atom stereocenters. The number of nitrogens with two attached hydrogens (primary N) is 1. The van der Waals surface area contributed by atoms with Gasteiger partial charge in [0, 0.05) is 66.2 Å². The Labute approximate surface area is 313 Å². The molecule has 3 N–H and O–H groups in total. The van der Waals surface area contributed by atoms with Crippen LogP contribution in [0, 0.1) is 6.92 Å². The quantitative estimate of drug-likeness (QED) is 0.208. The number of piperazine rings is 1. The number of aromatic nitrogens is 2. The summed E-state index contributed by atoms with van der Waals surface area (Å²) in [5, 5.41) is 3.60. The number of aryl methyl sites for hydroxylation is 1. The van der Waals surface area contributed by atoms with Crippen LogP contribution >= 0.6 is 0 Å². The fourth-order valence-electron chi connectivity index (χ4n) is 6.95. The molecule has 3 aliphatic rings. The number of anilines is 1. The van der Waals surface area contributed by atoms with Crippen molar-refractivity contribution in [2.75, 3.05) is 38.1 Å². The van der Waals surface area contributed by atoms with Gasteiger partial charge in [0.15, 0.2) is 5.82 Å². The van der Waals surface area contributed by atoms with E-state index in [0.717, 1.165) is 105 Å². The predicted octanol–water partition coefficient (Wildman–Crippen LogP) is 9.90. The Balaban J connectivity index is 0.000000212. The van der Waals surface area contributed by atoms with Crippen molar-refractivity contribution in [2.45, 2.75) is 84.6 Å². The highest BCUT2D eigenvalue weighted by Crippen LogP contribution is 2.34. The van der Waals surface area contributed by atoms with Gasteiger partial charge in [-0.05, 0) is 96.0 Å². The van der Waals surface area contributed by atoms with Gasteiger partial charge in [0.1, 0.15) is 5.82 Å². The molecule has 3 aromatic rings. The topological polar surface area (TPSA) is 70.3 Å². The molecule has 0 amide bonds. The van der Waals surface area contributed by atoms with Crippen LogP contribution in [-0.2, 0) is 0 Å². The van der Waals surface area contributed by atoms with E-state index in [-0.39, 0.29) is 5.54 Å². The third-order valence-corrected chi connectivity index (χ3v) is 10.3. The summed E-state index contributed by atoms with van der Waals surface area (Å²) >= 11 is 0. The maximum Gasteiger partial charge on any atom is 0.164 e. The number of nitrogens with zero attached hydrogens (tertiary/aromatic N) is 4. The van der Waals surface area contributed by atoms with Crippen molar-refractivity contribution in [1.29, 1.82) is 0 Å². The van der Waals surface area contributed by atoms with Gasteiger partial charge in [-0.25, -0.2) is 9.97 Å². The van der Waals surface area contributed by atoms with E-state index in [1.165, 1.54) is 22.3 Å². The first-order chi connectivity index (χ1) is 25.0. The lowest BCUT2D eigenvalue weighted by molar-refractivity contribution is 0.312. The van der Waals surface area contributed by atoms with Crippen LogP contribution in [0.3, 0.4) is 0 Å². The molecule has 0 saturated carbocycles. The van der Waals surface area contributed by atoms with Gasteiger partial charge in [-0.1, -0.05) is 104 Å². The van der Waals surface area contributed by atoms with Crippen LogP contribution in [0.25, 0.3) is 16.8 Å². The average Bonchev–Trinajstić information content (AvgIpc) is 3.15. The van der Waals surface area contributed by atoms with Gasteiger partial charge in [0.05, 0.1) is 5.69 Å². The minimum absolute atomic E-state index is 0.106. The first-order valence-electron chi connectivity index (χ1n) is 19.1. The Bertz CT molecular complexity index is 1810. The molecule has 1 fully saturated rings. The van der Waals surface area contributed by atoms with Gasteiger partial charge in [-0.2, -0.15) is 0 Å². The first-order valence-corrected chi connectivity index (χ1v) is 19.1. The Kier molecular flexibility index (Phi) is 13.5. The molecule has 6 heteroatoms. The summed E-state index contributed by atoms with van der Waals surface area (Å²) in [6, 6.07) is 21.4. The molecule has 1 aliphatic heterocycles. The summed E-state index contributed by atoms with van der Waals surface area (Å²) in [6.45, 7) is 19.0. The second-order valence-electron chi connectivity index (χ2n) is 15.1. The fourth-order valence-corrected chi connectivity index (χ4v) is 6.95. The van der Waals surface area contributed by atoms with Crippen molar-refractivity contribution in [1.82, 2.24) is 20.2 Å². The molecule has 6 rings (SSSR count). The number of allylic oxidation sites excluding steroid dienone is 11. The summed E-state index contributed by atoms with van der Waals surface area (Å²) in [5.41, 5.74) is 16.6. The van der Waals surface area contributed by atoms with Crippen molar-refractivity contribution in [3.8, 4) is 11.3 Å². The third kappa shape index (κ3) is 10.7. The Hall–Kier alpha value is -4.68. The van der Waals surface area contributed by atoms with Crippen molar-refractivity contribution in [2.24, 2.45) is 5.73 Å². The third-order valence-electron chi connectivity index (χ3n) is 10.3. The Morgan fingerprint density at radius 2 is 1.73 bits per heavy atom. The SMILES string of the molecule is C/C(N)=C(\C1=CC=CCC1)c1nc(-c2cccc(C)c2)cc(N2CCN(C)CC2)n1.C=C(CC(C1=CCCC=C1)c1ccccc1)NC(C)(C)CC. The molecule has 0 radical (unpaired) electrons. The number of likely N-dealkylation sites (N-methyl/N-ethyl adjacent to an activating group) is 1. The summed E-state index contributed by atoms with van der Waals surface area (Å²) in [6.07, 6.45) is 19.7. The van der Waals surface area contributed by atoms with Crippen molar-refractivity contribution < 1.29 is 0 Å². The van der Waals surface area contributed by atoms with Crippen molar-refractivity contribution in [3.05, 3.63) is 143 Å². The van der Waals surface area contributed by atoms with E-state index in [4.69, 9.17) is 15.7 Å². The molecule has 2 heterocycles. The van der Waals surface area contributed by atoms with E-state index in [9.17, 15) is 0 Å². The van der Waals surface area contributed by atoms with Crippen molar-refractivity contribution in [3.63, 3.8) is 0 Å². The molecule has 1 saturated heterocycles. The van der Waals surface area contributed by atoms with Crippen LogP contribution in [0.15, 0.2) is 126 Å². The van der Waals surface area contributed by atoms with Crippen LogP contribution in [0.5, 0.6) is 0 Å². The lowest BCUT2D eigenvalue weighted by Crippen LogP contribution is -2.44. The van der Waals surface area contributed by atoms with Crippen LogP contribution < -0.4 is 16.0 Å². The van der Waals surface area contributed by atoms with E-state index < -0.39 is 0 Å². The second kappa shape index (κ2) is 18.2. The molecule has 1 unspecified atom stereocenters. The number of nitrogens with one attached hydrogen (secondary N) is 1. The van der Waals surface area contributed by atoms with Crippen LogP contribution in [0.4, 0.5) is 5.82 Å². The standard InChI is InChI=1S/C25H31N5.C21H29N/c1-18-8-7-11-21(16-18)22-17-23(30-14-12-29(3)13-15-30)28-25(27-22)24(19(2)26)20-9-5-4-6-10-20;1-5-21(3,4)22-17(2)16-20(18-12-8-6-9-13-18)19-14-10-7-11-15-19/h4-5,7-9,11,16-17H,6,10,12-15,26H2,1-3H3;6,8-10,12-15,20,22H,2,5,7,11,16H2,1,3-4H3/b24-19-;. The minimum atomic E-state index is 0.106. The molecule has 6 nitrogen and oxygen atoms in total. The number of hydrogen-bond donors (Lipinski definition) is 2. The van der Waals surface area contributed by atoms with Gasteiger partial charge in [-0.15, -0.1) is 0 Å². The maximum atomic E-state index is 6.37. The molecule has 274 valence electrons. The zero-order chi connectivity index (χ0) is 37.1. The lowest BCUT2D eigenvalue weighted by atomic mass is 9.84. The summed E-state index contributed by atoms with van der Waals surface area (Å²) in [5.74, 6) is 2.10. The van der Waals surface area contributed by atoms with Gasteiger partial charge >= 0.3 is 0 Å². The zero-order valence-corrected chi connectivity index (χ0v) is 32.5. The summed E-state index contributed by atoms with van der Waals surface area (Å²) in [4.78, 5) is 14.7. The summed E-state index contributed by atoms with van der Waals surface area (Å²) in [7, 11) is 2.17. The van der Waals surface area contributed by atoms with Crippen LogP contribution in [-0.4, -0.2) is 53.6 Å². The maximum absolute atomic E-state index is 6.37. The minimum Gasteiger partial charge on any atom is -0.402 e. The fraction of sp³-hybridized carbons (Fsp3) is 0.391. The van der Waals surface area contributed by atoms with E-state index >= 15 is 0 Å². The average molecular weight is 697 g/mol. The molecule has 2 aliphatic carbocycles. The van der Waals surface area contributed by atoms with Crippen molar-refractivity contribution >= 4 is 11.4 Å². The highest BCUT2D eigenvalue weighted by molar-refractivity contribution is 5.80. The van der Waals surface area contributed by atoms with Gasteiger partial charge in [0.2, 0.25) is 0 Å². The molecular weight excluding hydrogens is 637 g/mol. The van der Waals surface area contributed by atoms with E-state index in [2.05, 4.69) is 154 Å². The summed E-state index contributed by atoms with van der Waals surface area (Å²) < 4.78 is 0. The lowest BCUT2D eigenvalue weighted by Gasteiger charge is -2.33. The number of hydrogen-bond acceptors (Lipinski definition) is 6. The molecule has 1 aromatic heterocycles. The Morgan fingerprint density at radius 3 is 2.37 bits per heavy atom. The van der Waals surface area contributed by atoms with Gasteiger partial charge in [-0.3, -0.25) is 0 Å².